The van der Waals surface area contributed by atoms with Gasteiger partial charge in [0, 0.05) is 10.9 Å². The van der Waals surface area contributed by atoms with Crippen LogP contribution in [-0.4, -0.2) is 0 Å². The van der Waals surface area contributed by atoms with Crippen molar-refractivity contribution in [1.29, 1.82) is 0 Å². The number of fused-ring (bicyclic) bond motifs is 5. The van der Waals surface area contributed by atoms with Gasteiger partial charge in [-0.15, -0.1) is 0 Å². The van der Waals surface area contributed by atoms with E-state index in [4.69, 9.17) is 4.74 Å². The zero-order chi connectivity index (χ0) is 24.3. The zero-order valence-electron chi connectivity index (χ0n) is 20.1. The van der Waals surface area contributed by atoms with Gasteiger partial charge in [0.1, 0.15) is 11.5 Å². The average Bonchev–Trinajstić information content (AvgIpc) is 2.97. The molecule has 0 saturated heterocycles. The Morgan fingerprint density at radius 3 is 1.92 bits per heavy atom. The molecule has 0 unspecified atom stereocenters. The van der Waals surface area contributed by atoms with Gasteiger partial charge in [0.2, 0.25) is 0 Å². The highest BCUT2D eigenvalue weighted by Gasteiger charge is 2.20. The van der Waals surface area contributed by atoms with Gasteiger partial charge < -0.3 is 4.74 Å². The minimum atomic E-state index is 0.915. The van der Waals surface area contributed by atoms with E-state index in [2.05, 4.69) is 121 Å². The highest BCUT2D eigenvalue weighted by molar-refractivity contribution is 6.14. The molecule has 0 aromatic heterocycles. The summed E-state index contributed by atoms with van der Waals surface area (Å²) >= 11 is 0. The second-order valence-electron chi connectivity index (χ2n) is 9.74. The quantitative estimate of drug-likeness (QED) is 0.228. The fourth-order valence-corrected chi connectivity index (χ4v) is 5.89. The van der Waals surface area contributed by atoms with Gasteiger partial charge in [0.05, 0.1) is 0 Å². The maximum Gasteiger partial charge on any atom is 0.135 e. The molecule has 0 fully saturated rings. The van der Waals surface area contributed by atoms with Crippen LogP contribution in [0.15, 0.2) is 133 Å². The molecule has 0 radical (unpaired) electrons. The van der Waals surface area contributed by atoms with Crippen LogP contribution in [0.5, 0.6) is 11.5 Å². The SMILES string of the molecule is c1ccc2c(c1)Oc1cccc3cc(-c4ccc(-c5cc6ccccc6c6ccccc56)cc4)cc-2c13. The van der Waals surface area contributed by atoms with Crippen LogP contribution in [0.3, 0.4) is 0 Å². The van der Waals surface area contributed by atoms with Crippen LogP contribution in [0.4, 0.5) is 0 Å². The molecule has 1 heteroatoms. The molecule has 172 valence electrons. The molecule has 1 nitrogen and oxygen atoms in total. The molecule has 7 aromatic carbocycles. The fourth-order valence-electron chi connectivity index (χ4n) is 5.89. The Kier molecular flexibility index (Phi) is 4.29. The zero-order valence-corrected chi connectivity index (χ0v) is 20.1. The van der Waals surface area contributed by atoms with Gasteiger partial charge in [-0.2, -0.15) is 0 Å². The van der Waals surface area contributed by atoms with Crippen molar-refractivity contribution in [2.75, 3.05) is 0 Å². The van der Waals surface area contributed by atoms with E-state index in [1.807, 2.05) is 12.1 Å². The van der Waals surface area contributed by atoms with Crippen LogP contribution in [-0.2, 0) is 0 Å². The summed E-state index contributed by atoms with van der Waals surface area (Å²) < 4.78 is 6.23. The van der Waals surface area contributed by atoms with Crippen LogP contribution in [0, 0.1) is 0 Å². The summed E-state index contributed by atoms with van der Waals surface area (Å²) in [5.41, 5.74) is 7.30. The van der Waals surface area contributed by atoms with Crippen LogP contribution >= 0.6 is 0 Å². The van der Waals surface area contributed by atoms with Gasteiger partial charge >= 0.3 is 0 Å². The molecule has 0 bridgehead atoms. The number of hydrogen-bond donors (Lipinski definition) is 0. The van der Waals surface area contributed by atoms with Gasteiger partial charge in [0.15, 0.2) is 0 Å². The van der Waals surface area contributed by atoms with Gasteiger partial charge in [-0.3, -0.25) is 0 Å². The van der Waals surface area contributed by atoms with Crippen LogP contribution < -0.4 is 4.74 Å². The van der Waals surface area contributed by atoms with Gasteiger partial charge in [-0.1, -0.05) is 103 Å². The third kappa shape index (κ3) is 3.11. The van der Waals surface area contributed by atoms with Crippen molar-refractivity contribution in [3.05, 3.63) is 133 Å². The van der Waals surface area contributed by atoms with E-state index in [1.165, 1.54) is 60.1 Å². The first-order valence-electron chi connectivity index (χ1n) is 12.7. The summed E-state index contributed by atoms with van der Waals surface area (Å²) in [5.74, 6) is 1.84. The van der Waals surface area contributed by atoms with Gasteiger partial charge in [0.25, 0.3) is 0 Å². The first-order chi connectivity index (χ1) is 18.3. The Hall–Kier alpha value is -4.88. The topological polar surface area (TPSA) is 9.23 Å². The highest BCUT2D eigenvalue weighted by atomic mass is 16.5. The standard InChI is InChI=1S/C36H22O/c1-2-10-28-25(8-1)21-32(30-12-4-3-11-29(28)30)24-18-16-23(17-19-24)27-20-26-9-7-15-35-36(26)33(22-27)31-13-5-6-14-34(31)37-35/h1-22H. The van der Waals surface area contributed by atoms with Gasteiger partial charge in [-0.25, -0.2) is 0 Å². The molecule has 0 N–H and O–H groups in total. The van der Waals surface area contributed by atoms with E-state index in [-0.39, 0.29) is 0 Å². The average molecular weight is 471 g/mol. The first-order valence-corrected chi connectivity index (χ1v) is 12.7. The third-order valence-corrected chi connectivity index (χ3v) is 7.63. The molecule has 0 atom stereocenters. The molecule has 8 rings (SSSR count). The minimum absolute atomic E-state index is 0.915. The number of ether oxygens (including phenoxy) is 1. The number of benzene rings is 7. The predicted molar refractivity (Wildman–Crippen MR) is 155 cm³/mol. The lowest BCUT2D eigenvalue weighted by Gasteiger charge is -2.22. The van der Waals surface area contributed by atoms with Crippen LogP contribution in [0.25, 0.3) is 65.7 Å². The Morgan fingerprint density at radius 2 is 1.03 bits per heavy atom. The Morgan fingerprint density at radius 1 is 0.351 bits per heavy atom. The van der Waals surface area contributed by atoms with Crippen molar-refractivity contribution >= 4 is 32.3 Å². The Bertz CT molecular complexity index is 2000. The summed E-state index contributed by atoms with van der Waals surface area (Å²) in [6.45, 7) is 0. The van der Waals surface area contributed by atoms with E-state index < -0.39 is 0 Å². The lowest BCUT2D eigenvalue weighted by atomic mass is 9.89. The predicted octanol–water partition coefficient (Wildman–Crippen LogP) is 10.3. The summed E-state index contributed by atoms with van der Waals surface area (Å²) in [4.78, 5) is 0. The molecule has 0 amide bonds. The molecule has 0 saturated carbocycles. The third-order valence-electron chi connectivity index (χ3n) is 7.63. The van der Waals surface area contributed by atoms with Gasteiger partial charge in [-0.05, 0) is 85.1 Å². The molecule has 7 aromatic rings. The maximum absolute atomic E-state index is 6.23. The van der Waals surface area contributed by atoms with Crippen molar-refractivity contribution in [2.24, 2.45) is 0 Å². The van der Waals surface area contributed by atoms with Crippen molar-refractivity contribution < 1.29 is 4.74 Å². The lowest BCUT2D eigenvalue weighted by Crippen LogP contribution is -1.97. The molecule has 0 spiro atoms. The van der Waals surface area contributed by atoms with E-state index in [0.29, 0.717) is 0 Å². The first kappa shape index (κ1) is 20.3. The van der Waals surface area contributed by atoms with E-state index in [1.54, 1.807) is 0 Å². The summed E-state index contributed by atoms with van der Waals surface area (Å²) in [6, 6.07) is 47.9. The van der Waals surface area contributed by atoms with Crippen LogP contribution in [0.2, 0.25) is 0 Å². The van der Waals surface area contributed by atoms with Crippen LogP contribution in [0.1, 0.15) is 0 Å². The summed E-state index contributed by atoms with van der Waals surface area (Å²) in [5, 5.41) is 7.53. The molecule has 37 heavy (non-hydrogen) atoms. The van der Waals surface area contributed by atoms with E-state index in [0.717, 1.165) is 17.1 Å². The second kappa shape index (κ2) is 7.81. The van der Waals surface area contributed by atoms with E-state index >= 15 is 0 Å². The Labute approximate surface area is 215 Å². The molecular formula is C36H22O. The normalized spacial score (nSPS) is 12.0. The highest BCUT2D eigenvalue weighted by Crippen LogP contribution is 2.48. The van der Waals surface area contributed by atoms with Crippen molar-refractivity contribution in [1.82, 2.24) is 0 Å². The summed E-state index contributed by atoms with van der Waals surface area (Å²) in [7, 11) is 0. The molecular weight excluding hydrogens is 448 g/mol. The molecule has 1 heterocycles. The largest absolute Gasteiger partial charge is 0.456 e. The summed E-state index contributed by atoms with van der Waals surface area (Å²) in [6.07, 6.45) is 0. The molecule has 0 aliphatic carbocycles. The van der Waals surface area contributed by atoms with Crippen molar-refractivity contribution in [3.8, 4) is 44.9 Å². The number of para-hydroxylation sites is 1. The fraction of sp³-hybridized carbons (Fsp3) is 0. The molecule has 1 aliphatic heterocycles. The maximum atomic E-state index is 6.23. The monoisotopic (exact) mass is 470 g/mol. The minimum Gasteiger partial charge on any atom is -0.456 e. The van der Waals surface area contributed by atoms with Crippen molar-refractivity contribution in [2.45, 2.75) is 0 Å². The smallest absolute Gasteiger partial charge is 0.135 e. The molecule has 1 aliphatic rings. The number of hydrogen-bond acceptors (Lipinski definition) is 1. The van der Waals surface area contributed by atoms with E-state index in [9.17, 15) is 0 Å². The van der Waals surface area contributed by atoms with Crippen molar-refractivity contribution in [3.63, 3.8) is 0 Å². The Balaban J connectivity index is 1.29. The number of rotatable bonds is 2. The lowest BCUT2D eigenvalue weighted by molar-refractivity contribution is 0.487. The second-order valence-corrected chi connectivity index (χ2v) is 9.74.